The Morgan fingerprint density at radius 2 is 1.62 bits per heavy atom. The highest BCUT2D eigenvalue weighted by Crippen LogP contribution is 2.28. The van der Waals surface area contributed by atoms with E-state index in [1.807, 2.05) is 54.6 Å². The number of hydrogen-bond donors (Lipinski definition) is 2. The summed E-state index contributed by atoms with van der Waals surface area (Å²) in [5.41, 5.74) is 3.59. The molecule has 4 aromatic rings. The van der Waals surface area contributed by atoms with E-state index in [9.17, 15) is 5.11 Å². The molecule has 102 valence electrons. The number of nitrogens with one attached hydrogen (secondary N) is 1. The van der Waals surface area contributed by atoms with Gasteiger partial charge in [0.25, 0.3) is 0 Å². The Labute approximate surface area is 121 Å². The van der Waals surface area contributed by atoms with Crippen molar-refractivity contribution in [1.29, 1.82) is 0 Å². The van der Waals surface area contributed by atoms with Gasteiger partial charge in [-0.1, -0.05) is 48.5 Å². The van der Waals surface area contributed by atoms with E-state index in [-0.39, 0.29) is 0 Å². The van der Waals surface area contributed by atoms with Gasteiger partial charge in [-0.05, 0) is 17.7 Å². The zero-order chi connectivity index (χ0) is 14.2. The molecule has 3 nitrogen and oxygen atoms in total. The van der Waals surface area contributed by atoms with Gasteiger partial charge < -0.3 is 10.1 Å². The average molecular weight is 274 g/mol. The zero-order valence-electron chi connectivity index (χ0n) is 11.3. The molecular weight excluding hydrogens is 260 g/mol. The van der Waals surface area contributed by atoms with Crippen LogP contribution in [0.1, 0.15) is 17.2 Å². The first-order chi connectivity index (χ1) is 10.3. The highest BCUT2D eigenvalue weighted by Gasteiger charge is 2.13. The van der Waals surface area contributed by atoms with E-state index in [0.29, 0.717) is 0 Å². The first-order valence-electron chi connectivity index (χ1n) is 6.92. The van der Waals surface area contributed by atoms with E-state index in [1.54, 1.807) is 6.20 Å². The van der Waals surface area contributed by atoms with Gasteiger partial charge in [0.05, 0.1) is 0 Å². The number of benzene rings is 2. The van der Waals surface area contributed by atoms with Crippen molar-refractivity contribution in [3.63, 3.8) is 0 Å². The molecule has 0 aliphatic rings. The Hall–Kier alpha value is -2.65. The first kappa shape index (κ1) is 12.1. The minimum absolute atomic E-state index is 0.656. The van der Waals surface area contributed by atoms with Crippen LogP contribution in [0, 0.1) is 0 Å². The smallest absolute Gasteiger partial charge is 0.138 e. The molecule has 0 saturated heterocycles. The molecule has 21 heavy (non-hydrogen) atoms. The van der Waals surface area contributed by atoms with E-state index in [1.165, 1.54) is 0 Å². The molecule has 0 radical (unpaired) electrons. The Kier molecular flexibility index (Phi) is 2.72. The molecule has 3 heteroatoms. The standard InChI is InChI=1S/C18H14N2O/c21-17(12-6-2-1-3-7-12)13-10-15-14-8-4-5-9-16(14)20-18(15)19-11-13/h1-11,17,21H,(H,19,20). The molecule has 1 unspecified atom stereocenters. The molecule has 4 rings (SSSR count). The minimum Gasteiger partial charge on any atom is -0.384 e. The lowest BCUT2D eigenvalue weighted by Crippen LogP contribution is -1.99. The minimum atomic E-state index is -0.656. The van der Waals surface area contributed by atoms with Crippen molar-refractivity contribution in [2.45, 2.75) is 6.10 Å². The Bertz CT molecular complexity index is 912. The number of nitrogens with zero attached hydrogens (tertiary/aromatic N) is 1. The third-order valence-electron chi connectivity index (χ3n) is 3.81. The lowest BCUT2D eigenvalue weighted by Gasteiger charge is -2.10. The molecule has 2 N–H and O–H groups in total. The van der Waals surface area contributed by atoms with Gasteiger partial charge >= 0.3 is 0 Å². The van der Waals surface area contributed by atoms with Crippen LogP contribution in [0.15, 0.2) is 66.9 Å². The van der Waals surface area contributed by atoms with Gasteiger partial charge in [0, 0.05) is 28.0 Å². The Morgan fingerprint density at radius 1 is 0.857 bits per heavy atom. The summed E-state index contributed by atoms with van der Waals surface area (Å²) < 4.78 is 0. The van der Waals surface area contributed by atoms with E-state index >= 15 is 0 Å². The van der Waals surface area contributed by atoms with Crippen molar-refractivity contribution in [3.8, 4) is 0 Å². The maximum atomic E-state index is 10.5. The second-order valence-corrected chi connectivity index (χ2v) is 5.15. The second kappa shape index (κ2) is 4.72. The molecule has 0 saturated carbocycles. The van der Waals surface area contributed by atoms with Gasteiger partial charge in [-0.2, -0.15) is 0 Å². The molecule has 0 bridgehead atoms. The number of hydrogen-bond acceptors (Lipinski definition) is 2. The quantitative estimate of drug-likeness (QED) is 0.584. The molecule has 2 aromatic heterocycles. The van der Waals surface area contributed by atoms with Crippen LogP contribution in [0.25, 0.3) is 21.9 Å². The highest BCUT2D eigenvalue weighted by molar-refractivity contribution is 6.05. The van der Waals surface area contributed by atoms with Crippen LogP contribution in [0.4, 0.5) is 0 Å². The van der Waals surface area contributed by atoms with Crippen LogP contribution in [0.2, 0.25) is 0 Å². The molecule has 0 spiro atoms. The summed E-state index contributed by atoms with van der Waals surface area (Å²) in [5.74, 6) is 0. The average Bonchev–Trinajstić information content (AvgIpc) is 2.93. The lowest BCUT2D eigenvalue weighted by atomic mass is 10.0. The summed E-state index contributed by atoms with van der Waals surface area (Å²) in [4.78, 5) is 7.74. The predicted octanol–water partition coefficient (Wildman–Crippen LogP) is 3.80. The number of aromatic nitrogens is 2. The third-order valence-corrected chi connectivity index (χ3v) is 3.81. The van der Waals surface area contributed by atoms with Gasteiger partial charge in [0.1, 0.15) is 11.8 Å². The molecule has 0 aliphatic carbocycles. The lowest BCUT2D eigenvalue weighted by molar-refractivity contribution is 0.220. The summed E-state index contributed by atoms with van der Waals surface area (Å²) in [7, 11) is 0. The van der Waals surface area contributed by atoms with Crippen molar-refractivity contribution in [3.05, 3.63) is 78.0 Å². The van der Waals surface area contributed by atoms with Gasteiger partial charge in [0.2, 0.25) is 0 Å². The van der Waals surface area contributed by atoms with Gasteiger partial charge in [0.15, 0.2) is 0 Å². The van der Waals surface area contributed by atoms with Crippen LogP contribution in [-0.4, -0.2) is 15.1 Å². The van der Waals surface area contributed by atoms with E-state index in [2.05, 4.69) is 16.0 Å². The number of aromatic amines is 1. The molecule has 0 aliphatic heterocycles. The molecule has 2 aromatic carbocycles. The van der Waals surface area contributed by atoms with Crippen LogP contribution >= 0.6 is 0 Å². The number of aliphatic hydroxyl groups is 1. The van der Waals surface area contributed by atoms with E-state index in [0.717, 1.165) is 33.1 Å². The van der Waals surface area contributed by atoms with Crippen molar-refractivity contribution in [2.24, 2.45) is 0 Å². The number of para-hydroxylation sites is 1. The van der Waals surface area contributed by atoms with Gasteiger partial charge in [-0.3, -0.25) is 0 Å². The first-order valence-corrected chi connectivity index (χ1v) is 6.92. The van der Waals surface area contributed by atoms with Crippen LogP contribution < -0.4 is 0 Å². The Morgan fingerprint density at radius 3 is 2.48 bits per heavy atom. The third kappa shape index (κ3) is 1.99. The summed E-state index contributed by atoms with van der Waals surface area (Å²) in [6.07, 6.45) is 1.08. The van der Waals surface area contributed by atoms with E-state index in [4.69, 9.17) is 0 Å². The molecule has 1 atom stereocenters. The topological polar surface area (TPSA) is 48.9 Å². The van der Waals surface area contributed by atoms with Crippen LogP contribution in [0.5, 0.6) is 0 Å². The maximum absolute atomic E-state index is 10.5. The fourth-order valence-electron chi connectivity index (χ4n) is 2.72. The van der Waals surface area contributed by atoms with Gasteiger partial charge in [-0.25, -0.2) is 4.98 Å². The number of aliphatic hydroxyl groups excluding tert-OH is 1. The number of H-pyrrole nitrogens is 1. The molecule has 0 amide bonds. The van der Waals surface area contributed by atoms with Crippen LogP contribution in [-0.2, 0) is 0 Å². The molecular formula is C18H14N2O. The fraction of sp³-hybridized carbons (Fsp3) is 0.0556. The molecule has 0 fully saturated rings. The summed E-state index contributed by atoms with van der Waals surface area (Å²) in [5, 5.41) is 12.7. The molecule has 2 heterocycles. The van der Waals surface area contributed by atoms with Crippen molar-refractivity contribution < 1.29 is 5.11 Å². The fourth-order valence-corrected chi connectivity index (χ4v) is 2.72. The number of pyridine rings is 1. The SMILES string of the molecule is OC(c1ccccc1)c1cnc2[nH]c3ccccc3c2c1. The van der Waals surface area contributed by atoms with Crippen molar-refractivity contribution >= 4 is 21.9 Å². The zero-order valence-corrected chi connectivity index (χ0v) is 11.3. The largest absolute Gasteiger partial charge is 0.384 e. The van der Waals surface area contributed by atoms with Gasteiger partial charge in [-0.15, -0.1) is 0 Å². The Balaban J connectivity index is 1.88. The summed E-state index contributed by atoms with van der Waals surface area (Å²) in [6, 6.07) is 19.8. The predicted molar refractivity (Wildman–Crippen MR) is 84.1 cm³/mol. The maximum Gasteiger partial charge on any atom is 0.138 e. The van der Waals surface area contributed by atoms with Crippen molar-refractivity contribution in [2.75, 3.05) is 0 Å². The summed E-state index contributed by atoms with van der Waals surface area (Å²) >= 11 is 0. The van der Waals surface area contributed by atoms with Crippen LogP contribution in [0.3, 0.4) is 0 Å². The van der Waals surface area contributed by atoms with Crippen molar-refractivity contribution in [1.82, 2.24) is 9.97 Å². The highest BCUT2D eigenvalue weighted by atomic mass is 16.3. The number of fused-ring (bicyclic) bond motifs is 3. The van der Waals surface area contributed by atoms with E-state index < -0.39 is 6.10 Å². The number of rotatable bonds is 2. The monoisotopic (exact) mass is 274 g/mol. The normalized spacial score (nSPS) is 12.8. The summed E-state index contributed by atoms with van der Waals surface area (Å²) in [6.45, 7) is 0. The second-order valence-electron chi connectivity index (χ2n) is 5.15.